The van der Waals surface area contributed by atoms with E-state index >= 15 is 0 Å². The van der Waals surface area contributed by atoms with Crippen LogP contribution in [0.15, 0.2) is 41.0 Å². The predicted octanol–water partition coefficient (Wildman–Crippen LogP) is 3.44. The Morgan fingerprint density at radius 1 is 1.37 bits per heavy atom. The van der Waals surface area contributed by atoms with Crippen LogP contribution in [0.1, 0.15) is 22.9 Å². The van der Waals surface area contributed by atoms with Crippen molar-refractivity contribution in [1.29, 1.82) is 0 Å². The number of aliphatic hydroxyl groups excluding tert-OH is 1. The second kappa shape index (κ2) is 6.17. The van der Waals surface area contributed by atoms with Gasteiger partial charge in [-0.15, -0.1) is 0 Å². The molecule has 0 saturated carbocycles. The fraction of sp³-hybridized carbons (Fsp3) is 0.267. The summed E-state index contributed by atoms with van der Waals surface area (Å²) in [5.74, 6) is 0.731. The third-order valence-corrected chi connectivity index (χ3v) is 3.79. The molecule has 1 unspecified atom stereocenters. The first-order chi connectivity index (χ1) is 9.11. The van der Waals surface area contributed by atoms with Gasteiger partial charge in [-0.2, -0.15) is 0 Å². The van der Waals surface area contributed by atoms with Crippen LogP contribution in [0.25, 0.3) is 0 Å². The maximum Gasteiger partial charge on any atom is 0.119 e. The minimum Gasteiger partial charge on any atom is -0.497 e. The summed E-state index contributed by atoms with van der Waals surface area (Å²) >= 11 is 3.46. The second-order valence-electron chi connectivity index (χ2n) is 4.37. The molecule has 1 aromatic carbocycles. The van der Waals surface area contributed by atoms with Crippen LogP contribution in [0.5, 0.6) is 5.75 Å². The Balaban J connectivity index is 2.25. The van der Waals surface area contributed by atoms with Crippen LogP contribution in [0, 0.1) is 6.92 Å². The quantitative estimate of drug-likeness (QED) is 0.938. The molecular weight excluding hydrogens is 306 g/mol. The lowest BCUT2D eigenvalue weighted by Crippen LogP contribution is -2.06. The minimum atomic E-state index is -0.613. The zero-order valence-electron chi connectivity index (χ0n) is 10.9. The lowest BCUT2D eigenvalue weighted by atomic mass is 10.0. The maximum atomic E-state index is 10.4. The van der Waals surface area contributed by atoms with Crippen LogP contribution in [0.4, 0.5) is 0 Å². The molecule has 3 nitrogen and oxygen atoms in total. The van der Waals surface area contributed by atoms with Crippen molar-refractivity contribution in [1.82, 2.24) is 4.98 Å². The van der Waals surface area contributed by atoms with Crippen molar-refractivity contribution in [3.05, 3.63) is 57.8 Å². The van der Waals surface area contributed by atoms with Gasteiger partial charge in [0.15, 0.2) is 0 Å². The molecule has 1 atom stereocenters. The molecule has 1 heterocycles. The van der Waals surface area contributed by atoms with Gasteiger partial charge in [0.25, 0.3) is 0 Å². The van der Waals surface area contributed by atoms with Crippen molar-refractivity contribution in [2.75, 3.05) is 7.11 Å². The van der Waals surface area contributed by atoms with Crippen LogP contribution in [0.3, 0.4) is 0 Å². The van der Waals surface area contributed by atoms with Crippen molar-refractivity contribution >= 4 is 15.9 Å². The van der Waals surface area contributed by atoms with Gasteiger partial charge in [0.2, 0.25) is 0 Å². The van der Waals surface area contributed by atoms with Gasteiger partial charge in [-0.3, -0.25) is 4.98 Å². The fourth-order valence-electron chi connectivity index (χ4n) is 1.93. The molecule has 19 heavy (non-hydrogen) atoms. The number of methoxy groups -OCH3 is 1. The highest BCUT2D eigenvalue weighted by Crippen LogP contribution is 2.29. The molecular formula is C15H16BrNO2. The normalized spacial score (nSPS) is 12.2. The largest absolute Gasteiger partial charge is 0.497 e. The lowest BCUT2D eigenvalue weighted by molar-refractivity contribution is 0.176. The lowest BCUT2D eigenvalue weighted by Gasteiger charge is -2.14. The number of hydrogen-bond donors (Lipinski definition) is 1. The minimum absolute atomic E-state index is 0.485. The molecule has 0 fully saturated rings. The number of halogens is 1. The van der Waals surface area contributed by atoms with E-state index in [9.17, 15) is 5.11 Å². The summed E-state index contributed by atoms with van der Waals surface area (Å²) in [5.41, 5.74) is 2.80. The topological polar surface area (TPSA) is 42.4 Å². The summed E-state index contributed by atoms with van der Waals surface area (Å²) in [6.07, 6.45) is 1.62. The summed E-state index contributed by atoms with van der Waals surface area (Å²) in [4.78, 5) is 4.31. The average Bonchev–Trinajstić information content (AvgIpc) is 2.42. The molecule has 0 saturated heterocycles. The number of aromatic nitrogens is 1. The fourth-order valence-corrected chi connectivity index (χ4v) is 2.44. The van der Waals surface area contributed by atoms with E-state index in [0.29, 0.717) is 6.42 Å². The monoisotopic (exact) mass is 321 g/mol. The van der Waals surface area contributed by atoms with Crippen molar-refractivity contribution in [2.45, 2.75) is 19.4 Å². The van der Waals surface area contributed by atoms with Gasteiger partial charge in [-0.05, 0) is 42.3 Å². The van der Waals surface area contributed by atoms with E-state index in [1.165, 1.54) is 0 Å². The molecule has 0 amide bonds. The Hall–Kier alpha value is -1.39. The third-order valence-electron chi connectivity index (χ3n) is 3.07. The molecule has 2 rings (SSSR count). The standard InChI is InChI=1S/C15H16BrNO2/c1-10-4-3-7-17-14(10)9-15(18)12-8-11(19-2)5-6-13(12)16/h3-8,15,18H,9H2,1-2H3. The number of pyridine rings is 1. The third kappa shape index (κ3) is 3.33. The molecule has 0 spiro atoms. The zero-order valence-corrected chi connectivity index (χ0v) is 12.5. The number of nitrogens with zero attached hydrogens (tertiary/aromatic N) is 1. The Bertz CT molecular complexity index is 572. The van der Waals surface area contributed by atoms with Gasteiger partial charge in [0.1, 0.15) is 5.75 Å². The molecule has 1 N–H and O–H groups in total. The first kappa shape index (κ1) is 14.0. The van der Waals surface area contributed by atoms with E-state index in [1.54, 1.807) is 13.3 Å². The van der Waals surface area contributed by atoms with Gasteiger partial charge in [-0.25, -0.2) is 0 Å². The SMILES string of the molecule is COc1ccc(Br)c(C(O)Cc2ncccc2C)c1. The van der Waals surface area contributed by atoms with E-state index in [2.05, 4.69) is 20.9 Å². The number of aryl methyl sites for hydroxylation is 1. The summed E-state index contributed by atoms with van der Waals surface area (Å²) in [6, 6.07) is 9.46. The number of rotatable bonds is 4. The second-order valence-corrected chi connectivity index (χ2v) is 5.23. The van der Waals surface area contributed by atoms with E-state index in [1.807, 2.05) is 37.3 Å². The number of benzene rings is 1. The molecule has 100 valence electrons. The summed E-state index contributed by atoms with van der Waals surface area (Å²) in [5, 5.41) is 10.4. The van der Waals surface area contributed by atoms with Crippen LogP contribution < -0.4 is 4.74 Å². The maximum absolute atomic E-state index is 10.4. The summed E-state index contributed by atoms with van der Waals surface area (Å²) < 4.78 is 6.06. The van der Waals surface area contributed by atoms with Crippen LogP contribution in [-0.2, 0) is 6.42 Å². The van der Waals surface area contributed by atoms with Crippen molar-refractivity contribution < 1.29 is 9.84 Å². The smallest absolute Gasteiger partial charge is 0.119 e. The van der Waals surface area contributed by atoms with E-state index in [-0.39, 0.29) is 0 Å². The number of ether oxygens (including phenoxy) is 1. The van der Waals surface area contributed by atoms with Gasteiger partial charge < -0.3 is 9.84 Å². The van der Waals surface area contributed by atoms with E-state index < -0.39 is 6.10 Å². The molecule has 1 aromatic heterocycles. The average molecular weight is 322 g/mol. The van der Waals surface area contributed by atoms with Crippen molar-refractivity contribution in [3.8, 4) is 5.75 Å². The van der Waals surface area contributed by atoms with Crippen molar-refractivity contribution in [3.63, 3.8) is 0 Å². The van der Waals surface area contributed by atoms with Crippen molar-refractivity contribution in [2.24, 2.45) is 0 Å². The molecule has 0 aliphatic heterocycles. The van der Waals surface area contributed by atoms with E-state index in [4.69, 9.17) is 4.74 Å². The highest BCUT2D eigenvalue weighted by Gasteiger charge is 2.15. The molecule has 2 aromatic rings. The first-order valence-corrected chi connectivity index (χ1v) is 6.83. The van der Waals surface area contributed by atoms with Gasteiger partial charge in [-0.1, -0.05) is 22.0 Å². The Morgan fingerprint density at radius 2 is 2.16 bits per heavy atom. The molecule has 0 radical (unpaired) electrons. The molecule has 0 aliphatic rings. The highest BCUT2D eigenvalue weighted by atomic mass is 79.9. The number of aliphatic hydroxyl groups is 1. The van der Waals surface area contributed by atoms with Crippen LogP contribution in [0.2, 0.25) is 0 Å². The summed E-state index contributed by atoms with van der Waals surface area (Å²) in [7, 11) is 1.61. The van der Waals surface area contributed by atoms with Gasteiger partial charge in [0.05, 0.1) is 13.2 Å². The predicted molar refractivity (Wildman–Crippen MR) is 78.3 cm³/mol. The summed E-state index contributed by atoms with van der Waals surface area (Å²) in [6.45, 7) is 2.00. The van der Waals surface area contributed by atoms with Gasteiger partial charge in [0, 0.05) is 22.8 Å². The molecule has 4 heteroatoms. The highest BCUT2D eigenvalue weighted by molar-refractivity contribution is 9.10. The Morgan fingerprint density at radius 3 is 2.84 bits per heavy atom. The molecule has 0 bridgehead atoms. The van der Waals surface area contributed by atoms with Crippen LogP contribution in [-0.4, -0.2) is 17.2 Å². The van der Waals surface area contributed by atoms with E-state index in [0.717, 1.165) is 27.0 Å². The Kier molecular flexibility index (Phi) is 4.56. The molecule has 0 aliphatic carbocycles. The Labute approximate surface area is 121 Å². The number of hydrogen-bond acceptors (Lipinski definition) is 3. The van der Waals surface area contributed by atoms with Crippen LogP contribution >= 0.6 is 15.9 Å². The first-order valence-electron chi connectivity index (χ1n) is 6.04. The zero-order chi connectivity index (χ0) is 13.8. The van der Waals surface area contributed by atoms with Gasteiger partial charge >= 0.3 is 0 Å².